The fourth-order valence-corrected chi connectivity index (χ4v) is 3.15. The van der Waals surface area contributed by atoms with Crippen molar-refractivity contribution in [1.29, 1.82) is 0 Å². The first kappa shape index (κ1) is 19.4. The Balaban J connectivity index is 1.66. The van der Waals surface area contributed by atoms with E-state index < -0.39 is 6.09 Å². The summed E-state index contributed by atoms with van der Waals surface area (Å²) in [5.41, 5.74) is 3.61. The molecule has 4 rings (SSSR count). The van der Waals surface area contributed by atoms with Crippen LogP contribution in [0.4, 0.5) is 16.2 Å². The number of hydrogen-bond donors (Lipinski definition) is 2. The molecule has 8 nitrogen and oxygen atoms in total. The maximum atomic E-state index is 13.0. The number of hydrogen-bond acceptors (Lipinski definition) is 4. The normalized spacial score (nSPS) is 10.7. The Morgan fingerprint density at radius 3 is 2.40 bits per heavy atom. The number of nitrogens with zero attached hydrogens (tertiary/aromatic N) is 4. The molecule has 0 unspecified atom stereocenters. The zero-order chi connectivity index (χ0) is 21.3. The molecule has 0 saturated heterocycles. The summed E-state index contributed by atoms with van der Waals surface area (Å²) in [7, 11) is 1.69. The van der Waals surface area contributed by atoms with Gasteiger partial charge in [-0.05, 0) is 66.7 Å². The van der Waals surface area contributed by atoms with Gasteiger partial charge in [-0.1, -0.05) is 16.8 Å². The Morgan fingerprint density at radius 2 is 1.73 bits per heavy atom. The molecule has 2 amide bonds. The topological polar surface area (TPSA) is 100 Å². The lowest BCUT2D eigenvalue weighted by molar-refractivity contribution is 0.0993. The molecule has 1 aromatic heterocycles. The largest absolute Gasteiger partial charge is 0.465 e. The van der Waals surface area contributed by atoms with Gasteiger partial charge in [-0.2, -0.15) is 0 Å². The average molecular weight is 422 g/mol. The van der Waals surface area contributed by atoms with Crippen molar-refractivity contribution in [2.45, 2.75) is 0 Å². The summed E-state index contributed by atoms with van der Waals surface area (Å²) in [6.45, 7) is 0. The Morgan fingerprint density at radius 1 is 1.03 bits per heavy atom. The quantitative estimate of drug-likeness (QED) is 0.507. The summed E-state index contributed by atoms with van der Waals surface area (Å²) < 4.78 is 1.60. The highest BCUT2D eigenvalue weighted by atomic mass is 35.5. The minimum absolute atomic E-state index is 0.187. The zero-order valence-corrected chi connectivity index (χ0v) is 16.5. The summed E-state index contributed by atoms with van der Waals surface area (Å²) in [6.07, 6.45) is -1.14. The first-order valence-electron chi connectivity index (χ1n) is 8.92. The van der Waals surface area contributed by atoms with Crippen molar-refractivity contribution >= 4 is 46.0 Å². The molecule has 150 valence electrons. The molecular weight excluding hydrogens is 406 g/mol. The van der Waals surface area contributed by atoms with E-state index >= 15 is 0 Å². The lowest BCUT2D eigenvalue weighted by Gasteiger charge is -2.17. The molecule has 0 fully saturated rings. The average Bonchev–Trinajstić information content (AvgIpc) is 3.16. The van der Waals surface area contributed by atoms with E-state index in [4.69, 9.17) is 16.7 Å². The number of rotatable bonds is 4. The number of benzene rings is 3. The second kappa shape index (κ2) is 7.84. The molecule has 1 heterocycles. The molecule has 0 spiro atoms. The predicted molar refractivity (Wildman–Crippen MR) is 115 cm³/mol. The van der Waals surface area contributed by atoms with E-state index in [9.17, 15) is 9.59 Å². The number of anilines is 2. The van der Waals surface area contributed by atoms with Crippen LogP contribution in [-0.2, 0) is 0 Å². The molecule has 0 radical (unpaired) electrons. The predicted octanol–water partition coefficient (Wildman–Crippen LogP) is 4.44. The molecule has 9 heteroatoms. The van der Waals surface area contributed by atoms with Gasteiger partial charge in [0.05, 0.1) is 11.2 Å². The first-order valence-corrected chi connectivity index (χ1v) is 9.29. The van der Waals surface area contributed by atoms with Crippen molar-refractivity contribution in [2.75, 3.05) is 17.3 Å². The number of carbonyl (C=O) groups is 2. The molecule has 3 aromatic carbocycles. The van der Waals surface area contributed by atoms with Crippen molar-refractivity contribution < 1.29 is 14.7 Å². The summed E-state index contributed by atoms with van der Waals surface area (Å²) in [4.78, 5) is 25.3. The zero-order valence-electron chi connectivity index (χ0n) is 15.8. The van der Waals surface area contributed by atoms with Gasteiger partial charge in [-0.25, -0.2) is 9.48 Å². The van der Waals surface area contributed by atoms with E-state index in [2.05, 4.69) is 15.6 Å². The summed E-state index contributed by atoms with van der Waals surface area (Å²) >= 11 is 5.92. The van der Waals surface area contributed by atoms with E-state index in [1.807, 2.05) is 0 Å². The van der Waals surface area contributed by atoms with Crippen molar-refractivity contribution in [3.05, 3.63) is 77.3 Å². The summed E-state index contributed by atoms with van der Waals surface area (Å²) in [6, 6.07) is 18.9. The number of amides is 2. The highest BCUT2D eigenvalue weighted by Gasteiger charge is 2.16. The molecule has 0 bridgehead atoms. The van der Waals surface area contributed by atoms with Crippen molar-refractivity contribution in [3.63, 3.8) is 0 Å². The number of halogens is 1. The molecule has 0 atom stereocenters. The molecule has 0 aliphatic rings. The highest BCUT2D eigenvalue weighted by molar-refractivity contribution is 6.30. The SMILES string of the molecule is CN(C(=O)c1ccc2nnn(-c3ccc(NC(=O)O)cc3)c2c1)c1ccc(Cl)cc1. The van der Waals surface area contributed by atoms with Gasteiger partial charge in [0.2, 0.25) is 0 Å². The molecule has 30 heavy (non-hydrogen) atoms. The third-order valence-corrected chi connectivity index (χ3v) is 4.83. The fourth-order valence-electron chi connectivity index (χ4n) is 3.03. The number of aromatic nitrogens is 3. The van der Waals surface area contributed by atoms with Crippen LogP contribution in [0.3, 0.4) is 0 Å². The van der Waals surface area contributed by atoms with Gasteiger partial charge in [0.15, 0.2) is 0 Å². The molecule has 2 N–H and O–H groups in total. The molecule has 4 aromatic rings. The number of fused-ring (bicyclic) bond motifs is 1. The van der Waals surface area contributed by atoms with Gasteiger partial charge >= 0.3 is 6.09 Å². The molecule has 0 aliphatic heterocycles. The van der Waals surface area contributed by atoms with Crippen LogP contribution in [-0.4, -0.2) is 39.1 Å². The second-order valence-electron chi connectivity index (χ2n) is 6.52. The first-order chi connectivity index (χ1) is 14.4. The van der Waals surface area contributed by atoms with Crippen LogP contribution < -0.4 is 10.2 Å². The monoisotopic (exact) mass is 421 g/mol. The summed E-state index contributed by atoms with van der Waals surface area (Å²) in [5, 5.41) is 20.0. The third kappa shape index (κ3) is 3.81. The van der Waals surface area contributed by atoms with Gasteiger partial charge in [-0.3, -0.25) is 10.1 Å². The van der Waals surface area contributed by atoms with Crippen molar-refractivity contribution in [2.24, 2.45) is 0 Å². The van der Waals surface area contributed by atoms with Crippen LogP contribution in [0.25, 0.3) is 16.7 Å². The van der Waals surface area contributed by atoms with E-state index in [0.717, 1.165) is 5.69 Å². The Kier molecular flexibility index (Phi) is 5.07. The lowest BCUT2D eigenvalue weighted by atomic mass is 10.1. The smallest absolute Gasteiger partial charge is 0.409 e. The van der Waals surface area contributed by atoms with Gasteiger partial charge in [-0.15, -0.1) is 5.10 Å². The van der Waals surface area contributed by atoms with Crippen LogP contribution >= 0.6 is 11.6 Å². The molecular formula is C21H16ClN5O3. The third-order valence-electron chi connectivity index (χ3n) is 4.57. The van der Waals surface area contributed by atoms with Crippen LogP contribution in [0.15, 0.2) is 66.7 Å². The Bertz CT molecular complexity index is 1240. The van der Waals surface area contributed by atoms with Crippen LogP contribution in [0, 0.1) is 0 Å². The van der Waals surface area contributed by atoms with Crippen LogP contribution in [0.1, 0.15) is 10.4 Å². The van der Waals surface area contributed by atoms with E-state index in [0.29, 0.717) is 33.0 Å². The maximum Gasteiger partial charge on any atom is 0.409 e. The second-order valence-corrected chi connectivity index (χ2v) is 6.96. The van der Waals surface area contributed by atoms with Crippen molar-refractivity contribution in [3.8, 4) is 5.69 Å². The number of carboxylic acid groups (broad SMARTS) is 1. The van der Waals surface area contributed by atoms with Gasteiger partial charge in [0, 0.05) is 29.0 Å². The van der Waals surface area contributed by atoms with E-state index in [-0.39, 0.29) is 5.91 Å². The Hall–Kier alpha value is -3.91. The minimum Gasteiger partial charge on any atom is -0.465 e. The van der Waals surface area contributed by atoms with Crippen LogP contribution in [0.2, 0.25) is 5.02 Å². The van der Waals surface area contributed by atoms with E-state index in [1.54, 1.807) is 78.5 Å². The standard InChI is InChI=1S/C21H16ClN5O3/c1-26(16-7-3-14(22)4-8-16)20(28)13-2-11-18-19(12-13)27(25-24-18)17-9-5-15(6-10-17)23-21(29)30/h2-12,23H,1H3,(H,29,30). The maximum absolute atomic E-state index is 13.0. The van der Waals surface area contributed by atoms with Gasteiger partial charge in [0.1, 0.15) is 5.52 Å². The fraction of sp³-hybridized carbons (Fsp3) is 0.0476. The molecule has 0 saturated carbocycles. The van der Waals surface area contributed by atoms with Crippen LogP contribution in [0.5, 0.6) is 0 Å². The number of nitrogens with one attached hydrogen (secondary N) is 1. The van der Waals surface area contributed by atoms with Gasteiger partial charge in [0.25, 0.3) is 5.91 Å². The highest BCUT2D eigenvalue weighted by Crippen LogP contribution is 2.22. The summed E-state index contributed by atoms with van der Waals surface area (Å²) in [5.74, 6) is -0.187. The minimum atomic E-state index is -1.14. The lowest BCUT2D eigenvalue weighted by Crippen LogP contribution is -2.26. The number of carbonyl (C=O) groups excluding carboxylic acids is 1. The van der Waals surface area contributed by atoms with Gasteiger partial charge < -0.3 is 10.0 Å². The van der Waals surface area contributed by atoms with Crippen molar-refractivity contribution in [1.82, 2.24) is 15.0 Å². The molecule has 0 aliphatic carbocycles. The van der Waals surface area contributed by atoms with E-state index in [1.165, 1.54) is 4.90 Å². The Labute approximate surface area is 176 Å².